The molecule has 0 bridgehead atoms. The fourth-order valence-electron chi connectivity index (χ4n) is 2.98. The second kappa shape index (κ2) is 9.36. The van der Waals surface area contributed by atoms with Gasteiger partial charge in [-0.2, -0.15) is 0 Å². The number of nitrogens with zero attached hydrogens (tertiary/aromatic N) is 3. The topological polar surface area (TPSA) is 109 Å². The Hall–Kier alpha value is -4.77. The zero-order valence-electron chi connectivity index (χ0n) is 17.1. The molecule has 4 aromatic rings. The third-order valence-electron chi connectivity index (χ3n) is 4.45. The van der Waals surface area contributed by atoms with Crippen molar-refractivity contribution in [2.24, 2.45) is 0 Å². The number of aromatic nitrogens is 3. The summed E-state index contributed by atoms with van der Waals surface area (Å²) < 4.78 is 0. The van der Waals surface area contributed by atoms with Crippen molar-refractivity contribution in [2.45, 2.75) is 6.92 Å². The first-order chi connectivity index (χ1) is 15.6. The molecule has 156 valence electrons. The molecule has 8 nitrogen and oxygen atoms in total. The van der Waals surface area contributed by atoms with E-state index < -0.39 is 5.91 Å². The number of nitrogens with one attached hydrogen (secondary N) is 3. The van der Waals surface area contributed by atoms with Gasteiger partial charge in [-0.1, -0.05) is 12.0 Å². The highest BCUT2D eigenvalue weighted by Crippen LogP contribution is 2.26. The van der Waals surface area contributed by atoms with Crippen LogP contribution >= 0.6 is 0 Å². The maximum atomic E-state index is 12.4. The maximum Gasteiger partial charge on any atom is 0.300 e. The van der Waals surface area contributed by atoms with Crippen LogP contribution in [-0.4, -0.2) is 26.8 Å². The van der Waals surface area contributed by atoms with Crippen LogP contribution in [0.4, 0.5) is 23.0 Å². The van der Waals surface area contributed by atoms with E-state index in [1.807, 2.05) is 0 Å². The van der Waals surface area contributed by atoms with Crippen molar-refractivity contribution < 1.29 is 9.59 Å². The SMILES string of the molecule is CC#CC(=O)Nc1ccc2ncnc(Nc3ccc(C(=O)Nc4ccccn4)cc3)c2c1. The van der Waals surface area contributed by atoms with Crippen LogP contribution in [0.1, 0.15) is 17.3 Å². The van der Waals surface area contributed by atoms with Gasteiger partial charge in [-0.05, 0) is 67.4 Å². The monoisotopic (exact) mass is 422 g/mol. The number of carbonyl (C=O) groups excluding carboxylic acids is 2. The number of hydrogen-bond acceptors (Lipinski definition) is 6. The third-order valence-corrected chi connectivity index (χ3v) is 4.45. The predicted molar refractivity (Wildman–Crippen MR) is 124 cm³/mol. The summed E-state index contributed by atoms with van der Waals surface area (Å²) in [5.41, 5.74) is 2.54. The van der Waals surface area contributed by atoms with E-state index in [1.165, 1.54) is 6.33 Å². The quantitative estimate of drug-likeness (QED) is 0.420. The van der Waals surface area contributed by atoms with Crippen molar-refractivity contribution in [3.8, 4) is 11.8 Å². The van der Waals surface area contributed by atoms with Crippen LogP contribution in [0.5, 0.6) is 0 Å². The summed E-state index contributed by atoms with van der Waals surface area (Å²) in [5.74, 6) is 5.42. The van der Waals surface area contributed by atoms with Crippen molar-refractivity contribution in [1.29, 1.82) is 0 Å². The molecule has 3 N–H and O–H groups in total. The summed E-state index contributed by atoms with van der Waals surface area (Å²) in [4.78, 5) is 36.8. The predicted octanol–water partition coefficient (Wildman–Crippen LogP) is 3.98. The van der Waals surface area contributed by atoms with E-state index in [0.29, 0.717) is 28.4 Å². The molecule has 4 rings (SSSR count). The first-order valence-electron chi connectivity index (χ1n) is 9.70. The van der Waals surface area contributed by atoms with Gasteiger partial charge in [0.25, 0.3) is 11.8 Å². The highest BCUT2D eigenvalue weighted by atomic mass is 16.2. The third kappa shape index (κ3) is 4.86. The lowest BCUT2D eigenvalue weighted by molar-refractivity contribution is -0.111. The van der Waals surface area contributed by atoms with Crippen LogP contribution in [0.15, 0.2) is 73.2 Å². The number of carbonyl (C=O) groups is 2. The minimum atomic E-state index is -0.391. The number of rotatable bonds is 5. The molecule has 2 aromatic carbocycles. The van der Waals surface area contributed by atoms with Gasteiger partial charge in [-0.3, -0.25) is 9.59 Å². The molecule has 32 heavy (non-hydrogen) atoms. The van der Waals surface area contributed by atoms with Gasteiger partial charge >= 0.3 is 0 Å². The van der Waals surface area contributed by atoms with E-state index in [1.54, 1.807) is 73.8 Å². The highest BCUT2D eigenvalue weighted by molar-refractivity contribution is 6.05. The average molecular weight is 422 g/mol. The summed E-state index contributed by atoms with van der Waals surface area (Å²) in [7, 11) is 0. The van der Waals surface area contributed by atoms with E-state index in [0.717, 1.165) is 11.1 Å². The number of hydrogen-bond donors (Lipinski definition) is 3. The fraction of sp³-hybridized carbons (Fsp3) is 0.0417. The van der Waals surface area contributed by atoms with Gasteiger partial charge in [0.1, 0.15) is 18.0 Å². The van der Waals surface area contributed by atoms with Crippen molar-refractivity contribution in [2.75, 3.05) is 16.0 Å². The van der Waals surface area contributed by atoms with Crippen LogP contribution in [0.25, 0.3) is 10.9 Å². The van der Waals surface area contributed by atoms with E-state index in [2.05, 4.69) is 42.7 Å². The molecule has 0 fully saturated rings. The number of pyridine rings is 1. The van der Waals surface area contributed by atoms with Crippen LogP contribution in [-0.2, 0) is 4.79 Å². The molecule has 0 unspecified atom stereocenters. The van der Waals surface area contributed by atoms with Crippen LogP contribution in [0.3, 0.4) is 0 Å². The average Bonchev–Trinajstić information content (AvgIpc) is 2.81. The van der Waals surface area contributed by atoms with Crippen molar-refractivity contribution in [3.05, 3.63) is 78.8 Å². The Morgan fingerprint density at radius 1 is 0.875 bits per heavy atom. The molecule has 8 heteroatoms. The molecule has 0 saturated carbocycles. The second-order valence-corrected chi connectivity index (χ2v) is 6.65. The van der Waals surface area contributed by atoms with Gasteiger partial charge in [-0.15, -0.1) is 0 Å². The summed E-state index contributed by atoms with van der Waals surface area (Å²) in [5, 5.41) is 9.43. The molecule has 0 aliphatic carbocycles. The Labute approximate surface area is 184 Å². The molecular formula is C24H18N6O2. The van der Waals surface area contributed by atoms with Gasteiger partial charge in [0.05, 0.1) is 5.52 Å². The van der Waals surface area contributed by atoms with E-state index in [4.69, 9.17) is 0 Å². The van der Waals surface area contributed by atoms with Crippen molar-refractivity contribution in [1.82, 2.24) is 15.0 Å². The summed E-state index contributed by atoms with van der Waals surface area (Å²) >= 11 is 0. The summed E-state index contributed by atoms with van der Waals surface area (Å²) in [6.07, 6.45) is 3.07. The molecule has 0 saturated heterocycles. The standard InChI is InChI=1S/C24H18N6O2/c1-2-5-22(31)28-18-11-12-20-19(14-18)23(27-15-26-20)29-17-9-7-16(8-10-17)24(32)30-21-6-3-4-13-25-21/h3-4,6-15H,1H3,(H,28,31)(H,25,30,32)(H,26,27,29). The lowest BCUT2D eigenvalue weighted by atomic mass is 10.1. The Kier molecular flexibility index (Phi) is 6.00. The van der Waals surface area contributed by atoms with Crippen molar-refractivity contribution in [3.63, 3.8) is 0 Å². The van der Waals surface area contributed by atoms with Crippen LogP contribution in [0.2, 0.25) is 0 Å². The zero-order chi connectivity index (χ0) is 22.3. The van der Waals surface area contributed by atoms with E-state index in [9.17, 15) is 9.59 Å². The largest absolute Gasteiger partial charge is 0.340 e. The van der Waals surface area contributed by atoms with Gasteiger partial charge in [0.2, 0.25) is 0 Å². The Morgan fingerprint density at radius 3 is 2.44 bits per heavy atom. The molecule has 0 spiro atoms. The Bertz CT molecular complexity index is 1340. The molecule has 0 aliphatic heterocycles. The zero-order valence-corrected chi connectivity index (χ0v) is 17.1. The highest BCUT2D eigenvalue weighted by Gasteiger charge is 2.09. The first kappa shape index (κ1) is 20.5. The lowest BCUT2D eigenvalue weighted by Crippen LogP contribution is -2.12. The Morgan fingerprint density at radius 2 is 1.69 bits per heavy atom. The molecule has 2 heterocycles. The number of anilines is 4. The fourth-order valence-corrected chi connectivity index (χ4v) is 2.98. The lowest BCUT2D eigenvalue weighted by Gasteiger charge is -2.10. The summed E-state index contributed by atoms with van der Waals surface area (Å²) in [6.45, 7) is 1.60. The smallest absolute Gasteiger partial charge is 0.300 e. The van der Waals surface area contributed by atoms with Gasteiger partial charge < -0.3 is 16.0 Å². The Balaban J connectivity index is 1.53. The van der Waals surface area contributed by atoms with Gasteiger partial charge in [0.15, 0.2) is 0 Å². The van der Waals surface area contributed by atoms with E-state index >= 15 is 0 Å². The number of benzene rings is 2. The summed E-state index contributed by atoms with van der Waals surface area (Å²) in [6, 6.07) is 17.6. The molecule has 2 amide bonds. The molecule has 0 atom stereocenters. The molecule has 2 aromatic heterocycles. The molecule has 0 aliphatic rings. The molecular weight excluding hydrogens is 404 g/mol. The van der Waals surface area contributed by atoms with Crippen LogP contribution in [0, 0.1) is 11.8 Å². The molecule has 0 radical (unpaired) electrons. The maximum absolute atomic E-state index is 12.4. The second-order valence-electron chi connectivity index (χ2n) is 6.65. The minimum Gasteiger partial charge on any atom is -0.340 e. The van der Waals surface area contributed by atoms with Crippen LogP contribution < -0.4 is 16.0 Å². The van der Waals surface area contributed by atoms with Gasteiger partial charge in [0, 0.05) is 28.5 Å². The normalized spacial score (nSPS) is 10.0. The number of amides is 2. The first-order valence-corrected chi connectivity index (χ1v) is 9.70. The van der Waals surface area contributed by atoms with E-state index in [-0.39, 0.29) is 5.91 Å². The van der Waals surface area contributed by atoms with Gasteiger partial charge in [-0.25, -0.2) is 15.0 Å². The number of fused-ring (bicyclic) bond motifs is 1. The van der Waals surface area contributed by atoms with Crippen molar-refractivity contribution >= 4 is 45.7 Å². The minimum absolute atomic E-state index is 0.252.